The molecule has 2 heteroatoms. The van der Waals surface area contributed by atoms with Gasteiger partial charge < -0.3 is 0 Å². The highest BCUT2D eigenvalue weighted by Crippen LogP contribution is 2.40. The summed E-state index contributed by atoms with van der Waals surface area (Å²) >= 11 is 0. The highest BCUT2D eigenvalue weighted by atomic mass is 15.1. The molecule has 0 radical (unpaired) electrons. The van der Waals surface area contributed by atoms with Crippen molar-refractivity contribution in [2.75, 3.05) is 0 Å². The van der Waals surface area contributed by atoms with Gasteiger partial charge in [0.1, 0.15) is 18.0 Å². The van der Waals surface area contributed by atoms with Gasteiger partial charge >= 0.3 is 5.82 Å². The highest BCUT2D eigenvalue weighted by Gasteiger charge is 2.44. The second-order valence-electron chi connectivity index (χ2n) is 8.36. The lowest BCUT2D eigenvalue weighted by Gasteiger charge is -2.04. The summed E-state index contributed by atoms with van der Waals surface area (Å²) in [5.74, 6) is 1.18. The first-order chi connectivity index (χ1) is 16.3. The quantitative estimate of drug-likeness (QED) is 0.318. The van der Waals surface area contributed by atoms with Crippen LogP contribution in [0.4, 0.5) is 0 Å². The first-order valence-electron chi connectivity index (χ1n) is 11.3. The van der Waals surface area contributed by atoms with Gasteiger partial charge in [-0.05, 0) is 35.4 Å². The van der Waals surface area contributed by atoms with Crippen LogP contribution in [0.25, 0.3) is 33.8 Å². The summed E-state index contributed by atoms with van der Waals surface area (Å²) in [4.78, 5) is 0. The van der Waals surface area contributed by atoms with Gasteiger partial charge in [-0.1, -0.05) is 91.0 Å². The molecular weight excluding hydrogens is 400 g/mol. The van der Waals surface area contributed by atoms with Crippen molar-refractivity contribution < 1.29 is 9.13 Å². The largest absolute Gasteiger partial charge is 0.458 e. The van der Waals surface area contributed by atoms with Crippen LogP contribution in [0.5, 0.6) is 0 Å². The number of rotatable bonds is 3. The van der Waals surface area contributed by atoms with Gasteiger partial charge in [-0.2, -0.15) is 0 Å². The number of nitrogens with zero attached hydrogens (tertiary/aromatic N) is 2. The zero-order valence-corrected chi connectivity index (χ0v) is 18.5. The Bertz CT molecular complexity index is 1530. The molecule has 2 nitrogen and oxygen atoms in total. The molecule has 5 aromatic rings. The molecule has 1 aliphatic heterocycles. The lowest BCUT2D eigenvalue weighted by molar-refractivity contribution is -0.753. The van der Waals surface area contributed by atoms with E-state index in [1.54, 1.807) is 0 Å². The Balaban J connectivity index is 1.77. The molecule has 0 amide bonds. The number of hydrogen-bond acceptors (Lipinski definition) is 0. The lowest BCUT2D eigenvalue weighted by Crippen LogP contribution is -2.48. The molecule has 6 rings (SSSR count). The van der Waals surface area contributed by atoms with Crippen molar-refractivity contribution in [1.82, 2.24) is 0 Å². The van der Waals surface area contributed by atoms with E-state index in [4.69, 9.17) is 0 Å². The Hall–Kier alpha value is -4.30. The molecule has 0 fully saturated rings. The Morgan fingerprint density at radius 2 is 1.18 bits per heavy atom. The number of aryl methyl sites for hydroxylation is 1. The summed E-state index contributed by atoms with van der Waals surface area (Å²) < 4.78 is 4.69. The van der Waals surface area contributed by atoms with Crippen LogP contribution >= 0.6 is 0 Å². The predicted octanol–water partition coefficient (Wildman–Crippen LogP) is 5.92. The number of hydrogen-bond donors (Lipinski definition) is 0. The minimum atomic E-state index is 1.18. The van der Waals surface area contributed by atoms with E-state index in [1.807, 2.05) is 0 Å². The molecule has 4 aromatic carbocycles. The predicted molar refractivity (Wildman–Crippen MR) is 135 cm³/mol. The Morgan fingerprint density at radius 3 is 1.88 bits per heavy atom. The van der Waals surface area contributed by atoms with Crippen LogP contribution in [0.2, 0.25) is 0 Å². The van der Waals surface area contributed by atoms with E-state index >= 15 is 0 Å². The molecule has 0 atom stereocenters. The Labute approximate surface area is 194 Å². The lowest BCUT2D eigenvalue weighted by atomic mass is 9.94. The molecular formula is C31H24N2+2. The van der Waals surface area contributed by atoms with Gasteiger partial charge in [-0.15, -0.1) is 9.13 Å². The number of aromatic nitrogens is 2. The van der Waals surface area contributed by atoms with E-state index < -0.39 is 0 Å². The Morgan fingerprint density at radius 1 is 0.606 bits per heavy atom. The molecule has 2 heterocycles. The van der Waals surface area contributed by atoms with Crippen LogP contribution in [0.15, 0.2) is 121 Å². The third-order valence-corrected chi connectivity index (χ3v) is 6.32. The fourth-order valence-corrected chi connectivity index (χ4v) is 4.85. The van der Waals surface area contributed by atoms with Crippen molar-refractivity contribution in [2.24, 2.45) is 7.05 Å². The van der Waals surface area contributed by atoms with E-state index in [0.29, 0.717) is 0 Å². The SMILES string of the molecule is C[n+]1c2[n+](cc3ccccc31)C(c1ccccc1)=C(c1ccccc1)C2=Cc1ccccc1. The van der Waals surface area contributed by atoms with Crippen molar-refractivity contribution in [3.63, 3.8) is 0 Å². The van der Waals surface area contributed by atoms with Crippen molar-refractivity contribution in [3.05, 3.63) is 144 Å². The van der Waals surface area contributed by atoms with Crippen LogP contribution in [-0.2, 0) is 7.05 Å². The number of benzene rings is 4. The molecule has 33 heavy (non-hydrogen) atoms. The van der Waals surface area contributed by atoms with E-state index in [1.165, 1.54) is 50.3 Å². The molecule has 1 aliphatic rings. The van der Waals surface area contributed by atoms with Gasteiger partial charge in [0.15, 0.2) is 6.20 Å². The normalized spacial score (nSPS) is 14.2. The third kappa shape index (κ3) is 3.28. The van der Waals surface area contributed by atoms with Crippen LogP contribution in [0.1, 0.15) is 22.5 Å². The first-order valence-corrected chi connectivity index (χ1v) is 11.3. The van der Waals surface area contributed by atoms with Gasteiger partial charge in [-0.25, -0.2) is 0 Å². The van der Waals surface area contributed by atoms with E-state index in [0.717, 1.165) is 0 Å². The summed E-state index contributed by atoms with van der Waals surface area (Å²) in [6.07, 6.45) is 4.60. The van der Waals surface area contributed by atoms with Crippen molar-refractivity contribution in [3.8, 4) is 0 Å². The van der Waals surface area contributed by atoms with Crippen LogP contribution in [0.3, 0.4) is 0 Å². The Kier molecular flexibility index (Phi) is 4.70. The van der Waals surface area contributed by atoms with Gasteiger partial charge in [0, 0.05) is 11.6 Å². The molecule has 0 unspecified atom stereocenters. The standard InChI is InChI=1S/C31H24N2/c1-32-28-20-12-11-19-26(28)22-33-30(25-17-9-4-10-18-25)29(24-15-7-3-8-16-24)27(31(32)33)21-23-13-5-2-6-14-23/h2-22H,1H3/q+2. The maximum Gasteiger partial charge on any atom is 0.458 e. The summed E-state index contributed by atoms with van der Waals surface area (Å²) in [7, 11) is 2.17. The number of allylic oxidation sites excluding steroid dienone is 2. The van der Waals surface area contributed by atoms with Crippen molar-refractivity contribution in [1.29, 1.82) is 0 Å². The molecule has 0 saturated carbocycles. The maximum atomic E-state index is 2.37. The van der Waals surface area contributed by atoms with Gasteiger partial charge in [0.25, 0.3) is 0 Å². The molecule has 0 spiro atoms. The van der Waals surface area contributed by atoms with Crippen LogP contribution < -0.4 is 9.13 Å². The number of para-hydroxylation sites is 1. The first kappa shape index (κ1) is 19.4. The van der Waals surface area contributed by atoms with E-state index in [-0.39, 0.29) is 0 Å². The van der Waals surface area contributed by atoms with Crippen LogP contribution in [0, 0.1) is 0 Å². The van der Waals surface area contributed by atoms with Crippen LogP contribution in [-0.4, -0.2) is 0 Å². The summed E-state index contributed by atoms with van der Waals surface area (Å²) in [5, 5.41) is 1.21. The third-order valence-electron chi connectivity index (χ3n) is 6.32. The highest BCUT2D eigenvalue weighted by molar-refractivity contribution is 6.18. The van der Waals surface area contributed by atoms with Gasteiger partial charge in [-0.3, -0.25) is 0 Å². The summed E-state index contributed by atoms with van der Waals surface area (Å²) in [6.45, 7) is 0. The fourth-order valence-electron chi connectivity index (χ4n) is 4.85. The molecule has 0 bridgehead atoms. The summed E-state index contributed by atoms with van der Waals surface area (Å²) in [5.41, 5.74) is 8.50. The van der Waals surface area contributed by atoms with Gasteiger partial charge in [0.2, 0.25) is 11.2 Å². The average Bonchev–Trinajstić information content (AvgIpc) is 3.20. The minimum Gasteiger partial charge on any atom is -0.137 e. The summed E-state index contributed by atoms with van der Waals surface area (Å²) in [6, 6.07) is 40.7. The zero-order chi connectivity index (χ0) is 22.2. The van der Waals surface area contributed by atoms with E-state index in [2.05, 4.69) is 144 Å². The second-order valence-corrected chi connectivity index (χ2v) is 8.36. The molecule has 1 aromatic heterocycles. The second kappa shape index (κ2) is 7.99. The van der Waals surface area contributed by atoms with E-state index in [9.17, 15) is 0 Å². The fraction of sp³-hybridized carbons (Fsp3) is 0.0323. The molecule has 0 aliphatic carbocycles. The minimum absolute atomic E-state index is 1.18. The smallest absolute Gasteiger partial charge is 0.137 e. The molecule has 0 N–H and O–H groups in total. The maximum absolute atomic E-state index is 2.37. The monoisotopic (exact) mass is 424 g/mol. The van der Waals surface area contributed by atoms with Crippen molar-refractivity contribution >= 4 is 33.8 Å². The molecule has 0 saturated heterocycles. The van der Waals surface area contributed by atoms with Crippen molar-refractivity contribution in [2.45, 2.75) is 0 Å². The zero-order valence-electron chi connectivity index (χ0n) is 18.5. The van der Waals surface area contributed by atoms with Gasteiger partial charge in [0.05, 0.1) is 5.57 Å². The molecule has 156 valence electrons. The average molecular weight is 425 g/mol. The number of fused-ring (bicyclic) bond motifs is 2. The topological polar surface area (TPSA) is 7.76 Å².